The summed E-state index contributed by atoms with van der Waals surface area (Å²) >= 11 is 0. The van der Waals surface area contributed by atoms with Crippen molar-refractivity contribution >= 4 is 17.9 Å². The Balaban J connectivity index is 1.31. The van der Waals surface area contributed by atoms with E-state index in [1.54, 1.807) is 24.3 Å². The molecule has 0 N–H and O–H groups in total. The number of imidazole rings is 1. The van der Waals surface area contributed by atoms with Crippen molar-refractivity contribution in [3.63, 3.8) is 0 Å². The van der Waals surface area contributed by atoms with Crippen LogP contribution in [0.2, 0.25) is 0 Å². The average molecular weight is 510 g/mol. The normalized spacial score (nSPS) is 13.3. The first-order chi connectivity index (χ1) is 19.2. The van der Waals surface area contributed by atoms with Crippen LogP contribution in [0, 0.1) is 0 Å². The van der Waals surface area contributed by atoms with E-state index in [-0.39, 0.29) is 11.8 Å². The molecule has 5 heteroatoms. The summed E-state index contributed by atoms with van der Waals surface area (Å²) in [5, 5.41) is 0. The van der Waals surface area contributed by atoms with Crippen molar-refractivity contribution in [2.45, 2.75) is 12.0 Å². The molecule has 0 aliphatic carbocycles. The van der Waals surface area contributed by atoms with Gasteiger partial charge in [0.1, 0.15) is 5.54 Å². The first-order valence-electron chi connectivity index (χ1n) is 13.0. The zero-order valence-electron chi connectivity index (χ0n) is 21.4. The molecule has 39 heavy (non-hydrogen) atoms. The number of carbonyl (C=O) groups is 2. The maximum Gasteiger partial charge on any atom is 0.261 e. The van der Waals surface area contributed by atoms with E-state index in [4.69, 9.17) is 4.98 Å². The molecule has 5 aromatic rings. The number of imide groups is 1. The maximum absolute atomic E-state index is 12.7. The van der Waals surface area contributed by atoms with Crippen LogP contribution < -0.4 is 0 Å². The molecule has 1 aliphatic rings. The summed E-state index contributed by atoms with van der Waals surface area (Å²) in [4.78, 5) is 31.3. The maximum atomic E-state index is 12.7. The number of aromatic nitrogens is 2. The molecule has 6 rings (SSSR count). The molecule has 0 bridgehead atoms. The lowest BCUT2D eigenvalue weighted by molar-refractivity contribution is 0.0657. The van der Waals surface area contributed by atoms with Gasteiger partial charge in [0, 0.05) is 12.7 Å². The third kappa shape index (κ3) is 4.28. The number of hydrogen-bond acceptors (Lipinski definition) is 3. The van der Waals surface area contributed by atoms with Crippen molar-refractivity contribution in [3.8, 4) is 0 Å². The van der Waals surface area contributed by atoms with Gasteiger partial charge >= 0.3 is 0 Å². The number of hydrogen-bond donors (Lipinski definition) is 0. The van der Waals surface area contributed by atoms with Gasteiger partial charge < -0.3 is 4.57 Å². The minimum absolute atomic E-state index is 0.230. The fourth-order valence-electron chi connectivity index (χ4n) is 5.44. The van der Waals surface area contributed by atoms with E-state index in [0.717, 1.165) is 22.4 Å². The molecule has 0 spiro atoms. The fourth-order valence-corrected chi connectivity index (χ4v) is 5.44. The van der Waals surface area contributed by atoms with Crippen LogP contribution >= 0.6 is 0 Å². The van der Waals surface area contributed by atoms with Gasteiger partial charge in [0.2, 0.25) is 0 Å². The molecule has 190 valence electrons. The zero-order valence-corrected chi connectivity index (χ0v) is 21.4. The molecule has 0 saturated carbocycles. The minimum Gasteiger partial charge on any atom is -0.318 e. The molecule has 0 saturated heterocycles. The van der Waals surface area contributed by atoms with Crippen molar-refractivity contribution in [1.29, 1.82) is 0 Å². The van der Waals surface area contributed by atoms with Crippen molar-refractivity contribution in [2.75, 3.05) is 6.54 Å². The summed E-state index contributed by atoms with van der Waals surface area (Å²) in [5.41, 5.74) is 4.50. The van der Waals surface area contributed by atoms with Gasteiger partial charge in [-0.1, -0.05) is 109 Å². The third-order valence-corrected chi connectivity index (χ3v) is 7.25. The topological polar surface area (TPSA) is 55.2 Å². The van der Waals surface area contributed by atoms with Crippen LogP contribution in [0.3, 0.4) is 0 Å². The second-order valence-electron chi connectivity index (χ2n) is 9.51. The van der Waals surface area contributed by atoms with Gasteiger partial charge in [0.25, 0.3) is 11.8 Å². The first-order valence-corrected chi connectivity index (χ1v) is 13.0. The summed E-state index contributed by atoms with van der Waals surface area (Å²) in [7, 11) is 0. The van der Waals surface area contributed by atoms with Gasteiger partial charge in [-0.2, -0.15) is 0 Å². The molecule has 1 aromatic heterocycles. The summed E-state index contributed by atoms with van der Waals surface area (Å²) in [6, 6.07) is 38.3. The predicted molar refractivity (Wildman–Crippen MR) is 152 cm³/mol. The number of fused-ring (bicyclic) bond motifs is 1. The molecular formula is C34H27N3O2. The standard InChI is InChI=1S/C34H27N3O2/c38-32-30-21-10-11-22-31(30)33(39)37(32)23-13-12-20-29-24-36(25-35-29)34(26-14-4-1-5-15-26,27-16-6-2-7-17-27)28-18-8-3-9-19-28/h1-12,14-22,24-25H,13,23H2/b20-12+. The first kappa shape index (κ1) is 24.3. The number of benzene rings is 4. The summed E-state index contributed by atoms with van der Waals surface area (Å²) < 4.78 is 2.16. The van der Waals surface area contributed by atoms with Gasteiger partial charge in [0.15, 0.2) is 0 Å². The van der Waals surface area contributed by atoms with Crippen LogP contribution in [0.1, 0.15) is 49.5 Å². The fraction of sp³-hybridized carbons (Fsp3) is 0.0882. The minimum atomic E-state index is -0.622. The molecule has 0 unspecified atom stereocenters. The lowest BCUT2D eigenvalue weighted by Crippen LogP contribution is -2.36. The van der Waals surface area contributed by atoms with Crippen LogP contribution in [0.5, 0.6) is 0 Å². The van der Waals surface area contributed by atoms with E-state index in [1.807, 2.05) is 42.9 Å². The van der Waals surface area contributed by atoms with Crippen LogP contribution in [0.25, 0.3) is 6.08 Å². The van der Waals surface area contributed by atoms with Crippen molar-refractivity contribution < 1.29 is 9.59 Å². The number of amides is 2. The second kappa shape index (κ2) is 10.4. The Morgan fingerprint density at radius 3 is 1.59 bits per heavy atom. The molecule has 1 aliphatic heterocycles. The highest BCUT2D eigenvalue weighted by atomic mass is 16.2. The van der Waals surface area contributed by atoms with E-state index in [2.05, 4.69) is 77.4 Å². The van der Waals surface area contributed by atoms with Gasteiger partial charge in [0.05, 0.1) is 23.1 Å². The van der Waals surface area contributed by atoms with Gasteiger partial charge in [-0.05, 0) is 41.3 Å². The number of nitrogens with zero attached hydrogens (tertiary/aromatic N) is 3. The number of rotatable bonds is 8. The lowest BCUT2D eigenvalue weighted by atomic mass is 9.77. The third-order valence-electron chi connectivity index (χ3n) is 7.25. The molecule has 0 fully saturated rings. The predicted octanol–water partition coefficient (Wildman–Crippen LogP) is 6.42. The van der Waals surface area contributed by atoms with Crippen LogP contribution in [0.15, 0.2) is 134 Å². The highest BCUT2D eigenvalue weighted by molar-refractivity contribution is 6.21. The van der Waals surface area contributed by atoms with E-state index in [1.165, 1.54) is 4.90 Å². The highest BCUT2D eigenvalue weighted by Gasteiger charge is 2.38. The van der Waals surface area contributed by atoms with Gasteiger partial charge in [-0.3, -0.25) is 14.5 Å². The Morgan fingerprint density at radius 2 is 1.10 bits per heavy atom. The lowest BCUT2D eigenvalue weighted by Gasteiger charge is -2.37. The molecule has 2 heterocycles. The average Bonchev–Trinajstić information content (AvgIpc) is 3.56. The Kier molecular flexibility index (Phi) is 6.47. The molecule has 0 radical (unpaired) electrons. The molecule has 5 nitrogen and oxygen atoms in total. The highest BCUT2D eigenvalue weighted by Crippen LogP contribution is 2.40. The van der Waals surface area contributed by atoms with Crippen molar-refractivity contribution in [3.05, 3.63) is 167 Å². The molecule has 2 amide bonds. The summed E-state index contributed by atoms with van der Waals surface area (Å²) in [6.07, 6.45) is 8.37. The largest absolute Gasteiger partial charge is 0.318 e. The molecule has 0 atom stereocenters. The van der Waals surface area contributed by atoms with Crippen LogP contribution in [0.4, 0.5) is 0 Å². The van der Waals surface area contributed by atoms with Gasteiger partial charge in [-0.15, -0.1) is 0 Å². The van der Waals surface area contributed by atoms with Crippen molar-refractivity contribution in [2.24, 2.45) is 0 Å². The summed E-state index contributed by atoms with van der Waals surface area (Å²) in [6.45, 7) is 0.325. The van der Waals surface area contributed by atoms with Crippen molar-refractivity contribution in [1.82, 2.24) is 14.5 Å². The number of carbonyl (C=O) groups excluding carboxylic acids is 2. The SMILES string of the molecule is O=C1c2ccccc2C(=O)N1CC/C=C/c1cn(C(c2ccccc2)(c2ccccc2)c2ccccc2)cn1. The van der Waals surface area contributed by atoms with E-state index < -0.39 is 5.54 Å². The van der Waals surface area contributed by atoms with E-state index in [9.17, 15) is 9.59 Å². The smallest absolute Gasteiger partial charge is 0.261 e. The van der Waals surface area contributed by atoms with Gasteiger partial charge in [-0.25, -0.2) is 4.98 Å². The summed E-state index contributed by atoms with van der Waals surface area (Å²) in [5.74, 6) is -0.460. The Bertz CT molecular complexity index is 1510. The Morgan fingerprint density at radius 1 is 0.641 bits per heavy atom. The quantitative estimate of drug-likeness (QED) is 0.179. The van der Waals surface area contributed by atoms with E-state index in [0.29, 0.717) is 24.1 Å². The van der Waals surface area contributed by atoms with Crippen LogP contribution in [-0.2, 0) is 5.54 Å². The van der Waals surface area contributed by atoms with E-state index >= 15 is 0 Å². The molecule has 4 aromatic carbocycles. The Hall–Kier alpha value is -5.03. The Labute approximate surface area is 227 Å². The van der Waals surface area contributed by atoms with Crippen LogP contribution in [-0.4, -0.2) is 32.8 Å². The second-order valence-corrected chi connectivity index (χ2v) is 9.51. The molecular weight excluding hydrogens is 482 g/mol. The zero-order chi connectivity index (χ0) is 26.7. The monoisotopic (exact) mass is 509 g/mol.